The summed E-state index contributed by atoms with van der Waals surface area (Å²) in [5.74, 6) is -0.150. The minimum atomic E-state index is -0.145. The van der Waals surface area contributed by atoms with Gasteiger partial charge in [-0.05, 0) is 36.1 Å². The maximum Gasteiger partial charge on any atom is 0.228 e. The average molecular weight is 313 g/mol. The molecule has 0 saturated heterocycles. The topological polar surface area (TPSA) is 55.1 Å². The molecule has 100 valence electrons. The Bertz CT molecular complexity index is 395. The highest BCUT2D eigenvalue weighted by atomic mass is 79.9. The predicted octanol–water partition coefficient (Wildman–Crippen LogP) is 3.40. The van der Waals surface area contributed by atoms with Crippen molar-refractivity contribution in [3.05, 3.63) is 28.7 Å². The number of carbonyl (C=O) groups is 1. The third-order valence-electron chi connectivity index (χ3n) is 2.63. The average Bonchev–Trinajstić information content (AvgIpc) is 2.27. The second-order valence-corrected chi connectivity index (χ2v) is 6.61. The molecule has 4 heteroatoms. The van der Waals surface area contributed by atoms with Crippen molar-refractivity contribution in [1.29, 1.82) is 0 Å². The summed E-state index contributed by atoms with van der Waals surface area (Å²) in [4.78, 5) is 12.1. The van der Waals surface area contributed by atoms with E-state index in [1.54, 1.807) is 0 Å². The molecule has 1 aromatic rings. The van der Waals surface area contributed by atoms with Crippen molar-refractivity contribution < 1.29 is 4.79 Å². The van der Waals surface area contributed by atoms with Crippen molar-refractivity contribution in [2.24, 2.45) is 17.1 Å². The lowest BCUT2D eigenvalue weighted by molar-refractivity contribution is -0.120. The van der Waals surface area contributed by atoms with Gasteiger partial charge in [0, 0.05) is 16.7 Å². The molecule has 0 spiro atoms. The third kappa shape index (κ3) is 5.19. The molecule has 0 aromatic heterocycles. The van der Waals surface area contributed by atoms with Crippen LogP contribution in [0, 0.1) is 11.3 Å². The van der Waals surface area contributed by atoms with Crippen molar-refractivity contribution >= 4 is 27.5 Å². The van der Waals surface area contributed by atoms with Gasteiger partial charge in [0.2, 0.25) is 5.91 Å². The molecule has 0 bridgehead atoms. The highest BCUT2D eigenvalue weighted by Gasteiger charge is 2.23. The molecule has 1 unspecified atom stereocenters. The molecule has 1 atom stereocenters. The molecule has 1 rings (SSSR count). The van der Waals surface area contributed by atoms with Crippen molar-refractivity contribution in [3.63, 3.8) is 0 Å². The summed E-state index contributed by atoms with van der Waals surface area (Å²) in [6.45, 7) is 6.72. The van der Waals surface area contributed by atoms with Crippen molar-refractivity contribution in [1.82, 2.24) is 0 Å². The fraction of sp³-hybridized carbons (Fsp3) is 0.500. The second kappa shape index (κ2) is 6.34. The third-order valence-corrected chi connectivity index (χ3v) is 3.15. The first-order valence-corrected chi connectivity index (χ1v) is 6.87. The summed E-state index contributed by atoms with van der Waals surface area (Å²) in [5.41, 5.74) is 6.59. The number of hydrogen-bond donors (Lipinski definition) is 2. The van der Waals surface area contributed by atoms with Gasteiger partial charge in [-0.25, -0.2) is 0 Å². The summed E-state index contributed by atoms with van der Waals surface area (Å²) in [7, 11) is 0. The molecule has 0 radical (unpaired) electrons. The van der Waals surface area contributed by atoms with Crippen LogP contribution in [0.25, 0.3) is 0 Å². The highest BCUT2D eigenvalue weighted by molar-refractivity contribution is 9.10. The maximum absolute atomic E-state index is 12.1. The summed E-state index contributed by atoms with van der Waals surface area (Å²) in [6.07, 6.45) is 0.784. The van der Waals surface area contributed by atoms with Crippen molar-refractivity contribution in [2.75, 3.05) is 11.9 Å². The van der Waals surface area contributed by atoms with Gasteiger partial charge < -0.3 is 11.1 Å². The Morgan fingerprint density at radius 3 is 2.33 bits per heavy atom. The lowest BCUT2D eigenvalue weighted by Gasteiger charge is -2.24. The lowest BCUT2D eigenvalue weighted by Crippen LogP contribution is -2.32. The quantitative estimate of drug-likeness (QED) is 0.895. The van der Waals surface area contributed by atoms with E-state index in [0.29, 0.717) is 6.54 Å². The Balaban J connectivity index is 2.65. The van der Waals surface area contributed by atoms with Crippen molar-refractivity contribution in [2.45, 2.75) is 27.2 Å². The van der Waals surface area contributed by atoms with Crippen LogP contribution in [0.15, 0.2) is 28.7 Å². The monoisotopic (exact) mass is 312 g/mol. The van der Waals surface area contributed by atoms with Crippen LogP contribution in [0.5, 0.6) is 0 Å². The highest BCUT2D eigenvalue weighted by Crippen LogP contribution is 2.25. The molecule has 0 saturated carbocycles. The van der Waals surface area contributed by atoms with Gasteiger partial charge in [0.25, 0.3) is 0 Å². The van der Waals surface area contributed by atoms with Crippen LogP contribution < -0.4 is 11.1 Å². The van der Waals surface area contributed by atoms with E-state index in [2.05, 4.69) is 42.0 Å². The smallest absolute Gasteiger partial charge is 0.228 e. The van der Waals surface area contributed by atoms with E-state index in [0.717, 1.165) is 16.6 Å². The zero-order valence-corrected chi connectivity index (χ0v) is 12.8. The number of carbonyl (C=O) groups excluding carboxylic acids is 1. The van der Waals surface area contributed by atoms with E-state index in [4.69, 9.17) is 5.73 Å². The van der Waals surface area contributed by atoms with Gasteiger partial charge >= 0.3 is 0 Å². The fourth-order valence-electron chi connectivity index (χ4n) is 1.80. The lowest BCUT2D eigenvalue weighted by atomic mass is 9.84. The first-order valence-electron chi connectivity index (χ1n) is 6.08. The molecule has 0 aliphatic heterocycles. The zero-order valence-electron chi connectivity index (χ0n) is 11.2. The Morgan fingerprint density at radius 1 is 1.33 bits per heavy atom. The van der Waals surface area contributed by atoms with Gasteiger partial charge in [0.1, 0.15) is 0 Å². The molecule has 0 aliphatic carbocycles. The molecular weight excluding hydrogens is 292 g/mol. The van der Waals surface area contributed by atoms with E-state index in [-0.39, 0.29) is 17.2 Å². The molecule has 0 aliphatic rings. The SMILES string of the molecule is CC(C)(C)CC(CN)C(=O)Nc1ccc(Br)cc1. The molecule has 18 heavy (non-hydrogen) atoms. The minimum absolute atomic E-state index is 0.00486. The molecule has 3 N–H and O–H groups in total. The summed E-state index contributed by atoms with van der Waals surface area (Å²) < 4.78 is 0.991. The largest absolute Gasteiger partial charge is 0.330 e. The van der Waals surface area contributed by atoms with Crippen LogP contribution in [-0.2, 0) is 4.79 Å². The summed E-state index contributed by atoms with van der Waals surface area (Å²) >= 11 is 3.36. The molecule has 0 fully saturated rings. The maximum atomic E-state index is 12.1. The minimum Gasteiger partial charge on any atom is -0.330 e. The molecule has 0 heterocycles. The number of nitrogens with one attached hydrogen (secondary N) is 1. The normalized spacial score (nSPS) is 13.2. The Kier molecular flexibility index (Phi) is 5.35. The first kappa shape index (κ1) is 15.2. The van der Waals surface area contributed by atoms with Crippen LogP contribution >= 0.6 is 15.9 Å². The van der Waals surface area contributed by atoms with E-state index in [1.807, 2.05) is 24.3 Å². The molecular formula is C14H21BrN2O. The Morgan fingerprint density at radius 2 is 1.89 bits per heavy atom. The number of anilines is 1. The van der Waals surface area contributed by atoms with E-state index < -0.39 is 0 Å². The van der Waals surface area contributed by atoms with Crippen LogP contribution in [0.3, 0.4) is 0 Å². The zero-order chi connectivity index (χ0) is 13.8. The van der Waals surface area contributed by atoms with E-state index in [1.165, 1.54) is 0 Å². The first-order chi connectivity index (χ1) is 8.31. The number of halogens is 1. The molecule has 3 nitrogen and oxygen atoms in total. The summed E-state index contributed by atoms with van der Waals surface area (Å²) in [6, 6.07) is 7.53. The van der Waals surface area contributed by atoms with Gasteiger partial charge in [0.15, 0.2) is 0 Å². The summed E-state index contributed by atoms with van der Waals surface area (Å²) in [5, 5.41) is 2.90. The van der Waals surface area contributed by atoms with E-state index >= 15 is 0 Å². The van der Waals surface area contributed by atoms with Crippen LogP contribution in [0.2, 0.25) is 0 Å². The Labute approximate surface area is 117 Å². The van der Waals surface area contributed by atoms with Gasteiger partial charge in [-0.1, -0.05) is 36.7 Å². The second-order valence-electron chi connectivity index (χ2n) is 5.69. The standard InChI is InChI=1S/C14H21BrN2O/c1-14(2,3)8-10(9-16)13(18)17-12-6-4-11(15)5-7-12/h4-7,10H,8-9,16H2,1-3H3,(H,17,18). The Hall–Kier alpha value is -0.870. The fourth-order valence-corrected chi connectivity index (χ4v) is 2.06. The van der Waals surface area contributed by atoms with Crippen LogP contribution in [0.1, 0.15) is 27.2 Å². The van der Waals surface area contributed by atoms with Gasteiger partial charge in [-0.2, -0.15) is 0 Å². The number of hydrogen-bond acceptors (Lipinski definition) is 2. The van der Waals surface area contributed by atoms with Gasteiger partial charge in [-0.15, -0.1) is 0 Å². The number of nitrogens with two attached hydrogens (primary N) is 1. The molecule has 1 amide bonds. The van der Waals surface area contributed by atoms with Crippen molar-refractivity contribution in [3.8, 4) is 0 Å². The predicted molar refractivity (Wildman–Crippen MR) is 79.4 cm³/mol. The number of amides is 1. The van der Waals surface area contributed by atoms with Crippen LogP contribution in [0.4, 0.5) is 5.69 Å². The molecule has 1 aromatic carbocycles. The number of rotatable bonds is 4. The van der Waals surface area contributed by atoms with Crippen LogP contribution in [-0.4, -0.2) is 12.5 Å². The number of benzene rings is 1. The van der Waals surface area contributed by atoms with Gasteiger partial charge in [-0.3, -0.25) is 4.79 Å². The van der Waals surface area contributed by atoms with E-state index in [9.17, 15) is 4.79 Å². The van der Waals surface area contributed by atoms with Gasteiger partial charge in [0.05, 0.1) is 5.92 Å².